The quantitative estimate of drug-likeness (QED) is 0.0394. The van der Waals surface area contributed by atoms with E-state index in [1.807, 2.05) is 0 Å². The Morgan fingerprint density at radius 3 is 0.840 bits per heavy atom. The number of rotatable bonds is 30. The van der Waals surface area contributed by atoms with Crippen LogP contribution >= 0.6 is 31.9 Å². The highest BCUT2D eigenvalue weighted by Gasteiger charge is 2.52. The molecule has 0 fully saturated rings. The summed E-state index contributed by atoms with van der Waals surface area (Å²) in [5.41, 5.74) is 23.0. The molecule has 0 saturated heterocycles. The third-order valence-electron chi connectivity index (χ3n) is 20.2. The van der Waals surface area contributed by atoms with Crippen molar-refractivity contribution in [2.24, 2.45) is 0 Å². The first-order valence-electron chi connectivity index (χ1n) is 33.3. The van der Waals surface area contributed by atoms with Crippen LogP contribution in [-0.4, -0.2) is 0 Å². The van der Waals surface area contributed by atoms with Crippen molar-refractivity contribution < 1.29 is 0 Å². The molecule has 6 aromatic rings. The first-order valence-corrected chi connectivity index (χ1v) is 34.9. The largest absolute Gasteiger partial charge is 0.0714 e. The van der Waals surface area contributed by atoms with E-state index in [4.69, 9.17) is 0 Å². The van der Waals surface area contributed by atoms with Gasteiger partial charge < -0.3 is 0 Å². The minimum Gasteiger partial charge on any atom is -0.0654 e. The summed E-state index contributed by atoms with van der Waals surface area (Å²) in [6, 6.07) is 46.1. The van der Waals surface area contributed by atoms with E-state index >= 15 is 0 Å². The van der Waals surface area contributed by atoms with Crippen molar-refractivity contribution in [3.8, 4) is 33.4 Å². The van der Waals surface area contributed by atoms with Gasteiger partial charge in [-0.05, 0) is 174 Å². The average molecular weight is 1210 g/mol. The molecule has 2 heteroatoms. The number of halogens is 2. The predicted molar refractivity (Wildman–Crippen MR) is 361 cm³/mol. The number of hydrogen-bond donors (Lipinski definition) is 0. The molecule has 0 radical (unpaired) electrons. The Morgan fingerprint density at radius 1 is 0.284 bits per heavy atom. The van der Waals surface area contributed by atoms with Gasteiger partial charge >= 0.3 is 0 Å². The van der Waals surface area contributed by atoms with Crippen LogP contribution in [0.2, 0.25) is 0 Å². The molecule has 0 saturated carbocycles. The molecule has 0 bridgehead atoms. The normalized spacial score (nSPS) is 15.1. The zero-order valence-corrected chi connectivity index (χ0v) is 55.6. The van der Waals surface area contributed by atoms with Crippen molar-refractivity contribution in [1.82, 2.24) is 0 Å². The van der Waals surface area contributed by atoms with Crippen molar-refractivity contribution in [2.75, 3.05) is 0 Å². The molecule has 0 N–H and O–H groups in total. The summed E-state index contributed by atoms with van der Waals surface area (Å²) < 4.78 is 2.42. The number of hydrogen-bond acceptors (Lipinski definition) is 0. The Balaban J connectivity index is 1.34. The van der Waals surface area contributed by atoms with Crippen molar-refractivity contribution in [3.63, 3.8) is 0 Å². The van der Waals surface area contributed by atoms with E-state index < -0.39 is 5.41 Å². The smallest absolute Gasteiger partial charge is 0.0654 e. The Kier molecular flexibility index (Phi) is 20.7. The Labute approximate surface area is 511 Å². The molecule has 0 atom stereocenters. The molecule has 0 heterocycles. The fourth-order valence-corrected chi connectivity index (χ4v) is 16.3. The highest BCUT2D eigenvalue weighted by atomic mass is 79.9. The zero-order chi connectivity index (χ0) is 57.4. The molecule has 0 amide bonds. The Bertz CT molecular complexity index is 2780. The standard InChI is InChI=1S/C79H104Br2/c1-11-15-19-23-27-31-47-77(48-32-28-24-20-16-12-2)69-51-61(80)43-45-63(69)65-55-73-67(53-71(65)77)68-54-72-66(64-46-44-62(81)52-70(64)78(72,49-33-29-25-21-17-13-3)50-34-30-26-22-18-14-4)56-74(68)79(73,59-39-35-57(36-40-59)75(5,6)7)60-41-37-58(38-42-60)76(8,9)10/h35-46,51-56H,11-34,47-50H2,1-10H3. The third kappa shape index (κ3) is 12.7. The summed E-state index contributed by atoms with van der Waals surface area (Å²) in [7, 11) is 0. The van der Waals surface area contributed by atoms with Crippen LogP contribution < -0.4 is 0 Å². The minimum absolute atomic E-state index is 0.0355. The summed E-state index contributed by atoms with van der Waals surface area (Å²) >= 11 is 8.19. The maximum Gasteiger partial charge on any atom is 0.0714 e. The third-order valence-corrected chi connectivity index (χ3v) is 21.2. The number of benzene rings is 6. The predicted octanol–water partition coefficient (Wildman–Crippen LogP) is 25.7. The molecule has 0 aliphatic heterocycles. The zero-order valence-electron chi connectivity index (χ0n) is 52.4. The Hall–Kier alpha value is -3.72. The SMILES string of the molecule is CCCCCCCCC1(CCCCCCCC)c2cc(Br)ccc2-c2cc3c(cc21)-c1cc2c(cc1C3(c1ccc(C(C)(C)C)cc1)c1ccc(C(C)(C)C)cc1)-c1ccc(Br)cc1C2(CCCCCCCC)CCCCCCCC. The lowest BCUT2D eigenvalue weighted by molar-refractivity contribution is 0.397. The molecule has 0 spiro atoms. The summed E-state index contributed by atoms with van der Waals surface area (Å²) in [6.45, 7) is 23.6. The van der Waals surface area contributed by atoms with Crippen molar-refractivity contribution in [3.05, 3.63) is 174 Å². The van der Waals surface area contributed by atoms with E-state index in [1.54, 1.807) is 22.3 Å². The molecular weight excluding hydrogens is 1110 g/mol. The first kappa shape index (κ1) is 61.8. The van der Waals surface area contributed by atoms with Gasteiger partial charge in [0.25, 0.3) is 0 Å². The molecule has 0 nitrogen and oxygen atoms in total. The fraction of sp³-hybridized carbons (Fsp3) is 0.544. The highest BCUT2D eigenvalue weighted by molar-refractivity contribution is 9.10. The van der Waals surface area contributed by atoms with Crippen molar-refractivity contribution in [1.29, 1.82) is 0 Å². The lowest BCUT2D eigenvalue weighted by Crippen LogP contribution is -2.30. The second-order valence-electron chi connectivity index (χ2n) is 27.9. The Morgan fingerprint density at radius 2 is 0.543 bits per heavy atom. The molecule has 3 aliphatic carbocycles. The van der Waals surface area contributed by atoms with Crippen LogP contribution in [0.1, 0.15) is 305 Å². The summed E-state index contributed by atoms with van der Waals surface area (Å²) in [5.74, 6) is 0. The van der Waals surface area contributed by atoms with Gasteiger partial charge in [0, 0.05) is 19.8 Å². The van der Waals surface area contributed by atoms with E-state index in [9.17, 15) is 0 Å². The van der Waals surface area contributed by atoms with Gasteiger partial charge in [-0.2, -0.15) is 0 Å². The maximum atomic E-state index is 4.10. The lowest BCUT2D eigenvalue weighted by Gasteiger charge is -2.36. The molecular formula is C79H104Br2. The van der Waals surface area contributed by atoms with Gasteiger partial charge in [-0.25, -0.2) is 0 Å². The van der Waals surface area contributed by atoms with Crippen LogP contribution in [0.4, 0.5) is 0 Å². The fourth-order valence-electron chi connectivity index (χ4n) is 15.6. The molecule has 9 rings (SSSR count). The van der Waals surface area contributed by atoms with Crippen LogP contribution in [0.25, 0.3) is 33.4 Å². The van der Waals surface area contributed by atoms with Gasteiger partial charge in [-0.1, -0.05) is 316 Å². The summed E-state index contributed by atoms with van der Waals surface area (Å²) in [4.78, 5) is 0. The topological polar surface area (TPSA) is 0 Å². The van der Waals surface area contributed by atoms with Crippen molar-refractivity contribution >= 4 is 31.9 Å². The van der Waals surface area contributed by atoms with Gasteiger partial charge in [0.05, 0.1) is 5.41 Å². The van der Waals surface area contributed by atoms with Gasteiger partial charge in [0.15, 0.2) is 0 Å². The monoisotopic (exact) mass is 1210 g/mol. The van der Waals surface area contributed by atoms with E-state index in [0.717, 1.165) is 0 Å². The highest BCUT2D eigenvalue weighted by Crippen LogP contribution is 2.65. The number of fused-ring (bicyclic) bond motifs is 9. The molecule has 81 heavy (non-hydrogen) atoms. The molecule has 6 aromatic carbocycles. The molecule has 0 aromatic heterocycles. The second-order valence-corrected chi connectivity index (χ2v) is 29.7. The van der Waals surface area contributed by atoms with Crippen molar-refractivity contribution in [2.45, 2.75) is 276 Å². The lowest BCUT2D eigenvalue weighted by atomic mass is 9.65. The molecule has 3 aliphatic rings. The van der Waals surface area contributed by atoms with Crippen LogP contribution in [0.5, 0.6) is 0 Å². The van der Waals surface area contributed by atoms with Crippen LogP contribution in [0.15, 0.2) is 118 Å². The van der Waals surface area contributed by atoms with Crippen LogP contribution in [0, 0.1) is 0 Å². The average Bonchev–Trinajstić information content (AvgIpc) is 3.80. The minimum atomic E-state index is -0.555. The van der Waals surface area contributed by atoms with Crippen LogP contribution in [0.3, 0.4) is 0 Å². The van der Waals surface area contributed by atoms with Gasteiger partial charge in [0.1, 0.15) is 0 Å². The van der Waals surface area contributed by atoms with E-state index in [0.29, 0.717) is 0 Å². The second kappa shape index (κ2) is 27.1. The van der Waals surface area contributed by atoms with Gasteiger partial charge in [0.2, 0.25) is 0 Å². The maximum absolute atomic E-state index is 4.10. The van der Waals surface area contributed by atoms with E-state index in [2.05, 4.69) is 210 Å². The van der Waals surface area contributed by atoms with Crippen LogP contribution in [-0.2, 0) is 27.1 Å². The summed E-state index contributed by atoms with van der Waals surface area (Å²) in [5, 5.41) is 0. The first-order chi connectivity index (χ1) is 39.1. The van der Waals surface area contributed by atoms with Gasteiger partial charge in [-0.15, -0.1) is 0 Å². The molecule has 434 valence electrons. The summed E-state index contributed by atoms with van der Waals surface area (Å²) in [6.07, 6.45) is 36.4. The van der Waals surface area contributed by atoms with Gasteiger partial charge in [-0.3, -0.25) is 0 Å². The van der Waals surface area contributed by atoms with E-state index in [-0.39, 0.29) is 21.7 Å². The number of unbranched alkanes of at least 4 members (excludes halogenated alkanes) is 20. The molecule has 0 unspecified atom stereocenters. The van der Waals surface area contributed by atoms with E-state index in [1.165, 1.54) is 255 Å².